The summed E-state index contributed by atoms with van der Waals surface area (Å²) in [5.74, 6) is 0.0358. The summed E-state index contributed by atoms with van der Waals surface area (Å²) in [6.45, 7) is 0. The van der Waals surface area contributed by atoms with Gasteiger partial charge in [-0.25, -0.2) is 9.97 Å². The molecule has 1 aromatic carbocycles. The first-order chi connectivity index (χ1) is 13.9. The van der Waals surface area contributed by atoms with Crippen molar-refractivity contribution in [2.75, 3.05) is 0 Å². The Bertz CT molecular complexity index is 993. The number of carbonyl (C=O) groups excluding carboxylic acids is 1. The Morgan fingerprint density at radius 2 is 1.90 bits per heavy atom. The molecule has 1 fully saturated rings. The third-order valence-corrected chi connectivity index (χ3v) is 5.04. The molecule has 1 amide bonds. The van der Waals surface area contributed by atoms with Crippen molar-refractivity contribution < 1.29 is 22.7 Å². The average Bonchev–Trinajstić information content (AvgIpc) is 3.17. The summed E-state index contributed by atoms with van der Waals surface area (Å²) in [5, 5.41) is 3.03. The molecule has 0 spiro atoms. The summed E-state index contributed by atoms with van der Waals surface area (Å²) in [4.78, 5) is 23.3. The van der Waals surface area contributed by atoms with Crippen LogP contribution in [0.1, 0.15) is 41.6 Å². The zero-order valence-electron chi connectivity index (χ0n) is 15.4. The van der Waals surface area contributed by atoms with Crippen LogP contribution in [-0.4, -0.2) is 33.0 Å². The molecule has 1 aliphatic carbocycles. The van der Waals surface area contributed by atoms with Crippen LogP contribution in [0.25, 0.3) is 11.0 Å². The number of rotatable bonds is 4. The standard InChI is InChI=1S/C20H19F3N4O2/c21-20(22,23)13-2-8-18(24-10-13)29-15-5-3-14(4-6-15)27-19(28)12-1-7-16-17(9-12)26-11-25-16/h1-2,7-11,14-15H,3-6H2,(H,25,26)(H,27,28). The number of pyridine rings is 1. The molecule has 2 heterocycles. The number of aromatic amines is 1. The summed E-state index contributed by atoms with van der Waals surface area (Å²) in [7, 11) is 0. The second kappa shape index (κ2) is 7.73. The lowest BCUT2D eigenvalue weighted by Gasteiger charge is -2.29. The first-order valence-electron chi connectivity index (χ1n) is 9.32. The predicted octanol–water partition coefficient (Wildman–Crippen LogP) is 4.10. The number of H-pyrrole nitrogens is 1. The van der Waals surface area contributed by atoms with Crippen molar-refractivity contribution in [3.8, 4) is 5.88 Å². The van der Waals surface area contributed by atoms with Gasteiger partial charge in [-0.3, -0.25) is 4.79 Å². The molecule has 2 aromatic heterocycles. The van der Waals surface area contributed by atoms with Gasteiger partial charge < -0.3 is 15.0 Å². The molecular weight excluding hydrogens is 385 g/mol. The Labute approximate surface area is 164 Å². The molecule has 1 aliphatic rings. The van der Waals surface area contributed by atoms with E-state index in [1.54, 1.807) is 24.5 Å². The van der Waals surface area contributed by atoms with Gasteiger partial charge in [-0.1, -0.05) is 0 Å². The summed E-state index contributed by atoms with van der Waals surface area (Å²) in [6, 6.07) is 7.53. The van der Waals surface area contributed by atoms with Gasteiger partial charge >= 0.3 is 6.18 Å². The van der Waals surface area contributed by atoms with Gasteiger partial charge in [0.25, 0.3) is 5.91 Å². The number of alkyl halides is 3. The van der Waals surface area contributed by atoms with Crippen LogP contribution in [0.5, 0.6) is 5.88 Å². The first kappa shape index (κ1) is 19.2. The van der Waals surface area contributed by atoms with Crippen molar-refractivity contribution in [1.82, 2.24) is 20.3 Å². The molecule has 1 saturated carbocycles. The van der Waals surface area contributed by atoms with Gasteiger partial charge in [-0.05, 0) is 49.9 Å². The van der Waals surface area contributed by atoms with Gasteiger partial charge in [0, 0.05) is 23.9 Å². The Hall–Kier alpha value is -3.10. The molecular formula is C20H19F3N4O2. The second-order valence-electron chi connectivity index (χ2n) is 7.08. The number of hydrogen-bond acceptors (Lipinski definition) is 4. The molecule has 29 heavy (non-hydrogen) atoms. The summed E-state index contributed by atoms with van der Waals surface area (Å²) >= 11 is 0. The van der Waals surface area contributed by atoms with Crippen LogP contribution in [0.15, 0.2) is 42.9 Å². The number of aromatic nitrogens is 3. The van der Waals surface area contributed by atoms with E-state index in [-0.39, 0.29) is 23.9 Å². The van der Waals surface area contributed by atoms with Crippen molar-refractivity contribution in [3.05, 3.63) is 54.0 Å². The van der Waals surface area contributed by atoms with Crippen molar-refractivity contribution in [3.63, 3.8) is 0 Å². The Balaban J connectivity index is 1.28. The van der Waals surface area contributed by atoms with E-state index in [4.69, 9.17) is 4.74 Å². The monoisotopic (exact) mass is 404 g/mol. The number of hydrogen-bond donors (Lipinski definition) is 2. The van der Waals surface area contributed by atoms with Crippen LogP contribution < -0.4 is 10.1 Å². The van der Waals surface area contributed by atoms with E-state index >= 15 is 0 Å². The number of imidazole rings is 1. The molecule has 0 unspecified atom stereocenters. The van der Waals surface area contributed by atoms with Crippen LogP contribution in [-0.2, 0) is 6.18 Å². The summed E-state index contributed by atoms with van der Waals surface area (Å²) in [5.41, 5.74) is 1.37. The van der Waals surface area contributed by atoms with Crippen molar-refractivity contribution >= 4 is 16.9 Å². The van der Waals surface area contributed by atoms with Crippen LogP contribution in [0.3, 0.4) is 0 Å². The number of nitrogens with zero attached hydrogens (tertiary/aromatic N) is 2. The minimum atomic E-state index is -4.41. The Kier molecular flexibility index (Phi) is 5.12. The predicted molar refractivity (Wildman–Crippen MR) is 99.5 cm³/mol. The van der Waals surface area contributed by atoms with Crippen LogP contribution in [0.2, 0.25) is 0 Å². The van der Waals surface area contributed by atoms with E-state index in [0.29, 0.717) is 18.4 Å². The number of amides is 1. The smallest absolute Gasteiger partial charge is 0.417 e. The highest BCUT2D eigenvalue weighted by atomic mass is 19.4. The molecule has 0 radical (unpaired) electrons. The normalized spacial score (nSPS) is 19.8. The molecule has 6 nitrogen and oxygen atoms in total. The minimum absolute atomic E-state index is 0.0281. The summed E-state index contributed by atoms with van der Waals surface area (Å²) < 4.78 is 43.5. The first-order valence-corrected chi connectivity index (χ1v) is 9.32. The fourth-order valence-corrected chi connectivity index (χ4v) is 3.46. The third kappa shape index (κ3) is 4.49. The molecule has 3 aromatic rings. The third-order valence-electron chi connectivity index (χ3n) is 5.04. The fourth-order valence-electron chi connectivity index (χ4n) is 3.46. The number of ether oxygens (including phenoxy) is 1. The highest BCUT2D eigenvalue weighted by Gasteiger charge is 2.31. The largest absolute Gasteiger partial charge is 0.474 e. The topological polar surface area (TPSA) is 79.9 Å². The number of benzene rings is 1. The maximum Gasteiger partial charge on any atom is 0.417 e. The molecule has 152 valence electrons. The van der Waals surface area contributed by atoms with E-state index in [2.05, 4.69) is 20.3 Å². The van der Waals surface area contributed by atoms with Crippen LogP contribution in [0.4, 0.5) is 13.2 Å². The van der Waals surface area contributed by atoms with Crippen LogP contribution in [0, 0.1) is 0 Å². The molecule has 0 atom stereocenters. The SMILES string of the molecule is O=C(NC1CCC(Oc2ccc(C(F)(F)F)cn2)CC1)c1ccc2nc[nH]c2c1. The molecule has 0 bridgehead atoms. The fraction of sp³-hybridized carbons (Fsp3) is 0.350. The lowest BCUT2D eigenvalue weighted by molar-refractivity contribution is -0.137. The molecule has 4 rings (SSSR count). The molecule has 0 saturated heterocycles. The maximum atomic E-state index is 12.6. The van der Waals surface area contributed by atoms with E-state index in [0.717, 1.165) is 36.1 Å². The van der Waals surface area contributed by atoms with E-state index in [1.165, 1.54) is 6.07 Å². The van der Waals surface area contributed by atoms with E-state index in [9.17, 15) is 18.0 Å². The molecule has 9 heteroatoms. The zero-order valence-corrected chi connectivity index (χ0v) is 15.4. The number of halogens is 3. The van der Waals surface area contributed by atoms with E-state index < -0.39 is 11.7 Å². The lowest BCUT2D eigenvalue weighted by atomic mass is 9.92. The van der Waals surface area contributed by atoms with Gasteiger partial charge in [0.2, 0.25) is 5.88 Å². The quantitative estimate of drug-likeness (QED) is 0.686. The minimum Gasteiger partial charge on any atom is -0.474 e. The van der Waals surface area contributed by atoms with Crippen molar-refractivity contribution in [2.24, 2.45) is 0 Å². The number of carbonyl (C=O) groups is 1. The Morgan fingerprint density at radius 3 is 2.59 bits per heavy atom. The lowest BCUT2D eigenvalue weighted by Crippen LogP contribution is -2.39. The van der Waals surface area contributed by atoms with Gasteiger partial charge in [-0.15, -0.1) is 0 Å². The van der Waals surface area contributed by atoms with Gasteiger partial charge in [0.15, 0.2) is 0 Å². The average molecular weight is 404 g/mol. The summed E-state index contributed by atoms with van der Waals surface area (Å²) in [6.07, 6.45) is 0.641. The van der Waals surface area contributed by atoms with Crippen molar-refractivity contribution in [2.45, 2.75) is 44.0 Å². The second-order valence-corrected chi connectivity index (χ2v) is 7.08. The van der Waals surface area contributed by atoms with Gasteiger partial charge in [0.05, 0.1) is 22.9 Å². The molecule has 0 aliphatic heterocycles. The zero-order chi connectivity index (χ0) is 20.4. The molecule has 2 N–H and O–H groups in total. The maximum absolute atomic E-state index is 12.6. The van der Waals surface area contributed by atoms with Gasteiger partial charge in [0.1, 0.15) is 6.10 Å². The number of nitrogens with one attached hydrogen (secondary N) is 2. The van der Waals surface area contributed by atoms with Gasteiger partial charge in [-0.2, -0.15) is 13.2 Å². The van der Waals surface area contributed by atoms with Crippen LogP contribution >= 0.6 is 0 Å². The highest BCUT2D eigenvalue weighted by Crippen LogP contribution is 2.30. The Morgan fingerprint density at radius 1 is 1.10 bits per heavy atom. The van der Waals surface area contributed by atoms with E-state index in [1.807, 2.05) is 0 Å². The number of fused-ring (bicyclic) bond motifs is 1. The van der Waals surface area contributed by atoms with Crippen molar-refractivity contribution in [1.29, 1.82) is 0 Å². The highest BCUT2D eigenvalue weighted by molar-refractivity contribution is 5.97.